The maximum Gasteiger partial charge on any atom is 0.183 e. The van der Waals surface area contributed by atoms with Gasteiger partial charge in [0.25, 0.3) is 0 Å². The van der Waals surface area contributed by atoms with Gasteiger partial charge < -0.3 is 5.32 Å². The zero-order valence-corrected chi connectivity index (χ0v) is 11.9. The highest BCUT2D eigenvalue weighted by Gasteiger charge is 2.06. The van der Waals surface area contributed by atoms with Crippen LogP contribution in [0.25, 0.3) is 10.2 Å². The number of halogens is 1. The SMILES string of the molecule is CCCC(C)Nc1nc2cc(Br)ccc2s1. The second-order valence-corrected chi connectivity index (χ2v) is 5.91. The molecule has 1 aromatic heterocycles. The summed E-state index contributed by atoms with van der Waals surface area (Å²) in [4.78, 5) is 4.57. The van der Waals surface area contributed by atoms with E-state index in [0.29, 0.717) is 6.04 Å². The van der Waals surface area contributed by atoms with E-state index in [1.54, 1.807) is 11.3 Å². The van der Waals surface area contributed by atoms with E-state index < -0.39 is 0 Å². The molecule has 0 aliphatic heterocycles. The van der Waals surface area contributed by atoms with Crippen molar-refractivity contribution in [3.63, 3.8) is 0 Å². The summed E-state index contributed by atoms with van der Waals surface area (Å²) in [5.74, 6) is 0. The standard InChI is InChI=1S/C12H15BrN2S/c1-3-4-8(2)14-12-15-10-7-9(13)5-6-11(10)16-12/h5-8H,3-4H2,1-2H3,(H,14,15). The Morgan fingerprint density at radius 2 is 2.31 bits per heavy atom. The number of nitrogens with zero attached hydrogens (tertiary/aromatic N) is 1. The number of rotatable bonds is 4. The van der Waals surface area contributed by atoms with Crippen LogP contribution in [0.1, 0.15) is 26.7 Å². The molecule has 0 aliphatic carbocycles. The van der Waals surface area contributed by atoms with Gasteiger partial charge in [0.1, 0.15) is 0 Å². The molecule has 1 atom stereocenters. The van der Waals surface area contributed by atoms with Gasteiger partial charge in [-0.1, -0.05) is 40.6 Å². The molecule has 4 heteroatoms. The quantitative estimate of drug-likeness (QED) is 0.888. The van der Waals surface area contributed by atoms with E-state index >= 15 is 0 Å². The minimum Gasteiger partial charge on any atom is -0.359 e. The molecule has 1 N–H and O–H groups in total. The molecule has 2 rings (SSSR count). The molecule has 86 valence electrons. The number of anilines is 1. The molecule has 0 spiro atoms. The fraction of sp³-hybridized carbons (Fsp3) is 0.417. The number of fused-ring (bicyclic) bond motifs is 1. The van der Waals surface area contributed by atoms with Crippen molar-refractivity contribution in [3.8, 4) is 0 Å². The lowest BCUT2D eigenvalue weighted by molar-refractivity contribution is 0.690. The zero-order chi connectivity index (χ0) is 11.5. The van der Waals surface area contributed by atoms with E-state index in [1.165, 1.54) is 17.5 Å². The van der Waals surface area contributed by atoms with Crippen LogP contribution in [0.2, 0.25) is 0 Å². The normalized spacial score (nSPS) is 12.9. The van der Waals surface area contributed by atoms with Gasteiger partial charge in [-0.2, -0.15) is 0 Å². The van der Waals surface area contributed by atoms with Crippen LogP contribution in [0.15, 0.2) is 22.7 Å². The van der Waals surface area contributed by atoms with E-state index in [1.807, 2.05) is 0 Å². The number of nitrogens with one attached hydrogen (secondary N) is 1. The number of hydrogen-bond acceptors (Lipinski definition) is 3. The molecule has 0 aliphatic rings. The average Bonchev–Trinajstić information content (AvgIpc) is 2.59. The van der Waals surface area contributed by atoms with Crippen LogP contribution < -0.4 is 5.32 Å². The molecular formula is C12H15BrN2S. The molecule has 2 aromatic rings. The smallest absolute Gasteiger partial charge is 0.183 e. The molecule has 0 fully saturated rings. The van der Waals surface area contributed by atoms with Crippen LogP contribution >= 0.6 is 27.3 Å². The van der Waals surface area contributed by atoms with E-state index in [4.69, 9.17) is 0 Å². The number of aromatic nitrogens is 1. The van der Waals surface area contributed by atoms with Crippen molar-refractivity contribution in [1.29, 1.82) is 0 Å². The third-order valence-corrected chi connectivity index (χ3v) is 3.90. The van der Waals surface area contributed by atoms with Crippen LogP contribution in [0.5, 0.6) is 0 Å². The van der Waals surface area contributed by atoms with Crippen LogP contribution in [-0.4, -0.2) is 11.0 Å². The molecule has 0 amide bonds. The van der Waals surface area contributed by atoms with Gasteiger partial charge >= 0.3 is 0 Å². The van der Waals surface area contributed by atoms with Crippen LogP contribution in [0, 0.1) is 0 Å². The van der Waals surface area contributed by atoms with Gasteiger partial charge in [-0.15, -0.1) is 0 Å². The minimum absolute atomic E-state index is 0.494. The monoisotopic (exact) mass is 298 g/mol. The summed E-state index contributed by atoms with van der Waals surface area (Å²) < 4.78 is 2.31. The molecule has 0 saturated heterocycles. The molecule has 1 aromatic carbocycles. The Morgan fingerprint density at radius 3 is 3.06 bits per heavy atom. The van der Waals surface area contributed by atoms with Gasteiger partial charge in [-0.3, -0.25) is 0 Å². The first-order valence-corrected chi connectivity index (χ1v) is 7.12. The summed E-state index contributed by atoms with van der Waals surface area (Å²) in [5, 5.41) is 4.47. The lowest BCUT2D eigenvalue weighted by Gasteiger charge is -2.10. The third kappa shape index (κ3) is 2.74. The van der Waals surface area contributed by atoms with E-state index in [2.05, 4.69) is 58.3 Å². The van der Waals surface area contributed by atoms with Crippen molar-refractivity contribution in [2.45, 2.75) is 32.7 Å². The molecule has 0 bridgehead atoms. The summed E-state index contributed by atoms with van der Waals surface area (Å²) in [5.41, 5.74) is 1.06. The lowest BCUT2D eigenvalue weighted by Crippen LogP contribution is -2.13. The Morgan fingerprint density at radius 1 is 1.50 bits per heavy atom. The topological polar surface area (TPSA) is 24.9 Å². The fourth-order valence-corrected chi connectivity index (χ4v) is 2.98. The molecule has 1 heterocycles. The van der Waals surface area contributed by atoms with Crippen molar-refractivity contribution >= 4 is 42.6 Å². The number of benzene rings is 1. The second kappa shape index (κ2) is 5.15. The van der Waals surface area contributed by atoms with Crippen LogP contribution in [0.4, 0.5) is 5.13 Å². The number of thiazole rings is 1. The van der Waals surface area contributed by atoms with Gasteiger partial charge in [0, 0.05) is 10.5 Å². The first kappa shape index (κ1) is 11.9. The Hall–Kier alpha value is -0.610. The maximum atomic E-state index is 4.57. The van der Waals surface area contributed by atoms with Crippen molar-refractivity contribution in [2.24, 2.45) is 0 Å². The van der Waals surface area contributed by atoms with Gasteiger partial charge in [-0.25, -0.2) is 4.98 Å². The van der Waals surface area contributed by atoms with Crippen LogP contribution in [0.3, 0.4) is 0 Å². The van der Waals surface area contributed by atoms with Gasteiger partial charge in [0.2, 0.25) is 0 Å². The van der Waals surface area contributed by atoms with E-state index in [-0.39, 0.29) is 0 Å². The molecule has 0 saturated carbocycles. The van der Waals surface area contributed by atoms with E-state index in [9.17, 15) is 0 Å². The zero-order valence-electron chi connectivity index (χ0n) is 9.46. The Balaban J connectivity index is 2.19. The van der Waals surface area contributed by atoms with Gasteiger partial charge in [-0.05, 0) is 31.5 Å². The van der Waals surface area contributed by atoms with Crippen molar-refractivity contribution in [1.82, 2.24) is 4.98 Å². The molecule has 2 nitrogen and oxygen atoms in total. The first-order chi connectivity index (χ1) is 7.69. The Kier molecular flexibility index (Phi) is 3.82. The first-order valence-electron chi connectivity index (χ1n) is 5.51. The predicted octanol–water partition coefficient (Wildman–Crippen LogP) is 4.66. The van der Waals surface area contributed by atoms with Crippen molar-refractivity contribution in [2.75, 3.05) is 5.32 Å². The highest BCUT2D eigenvalue weighted by molar-refractivity contribution is 9.10. The minimum atomic E-state index is 0.494. The molecule has 0 radical (unpaired) electrons. The maximum absolute atomic E-state index is 4.57. The summed E-state index contributed by atoms with van der Waals surface area (Å²) in [6, 6.07) is 6.71. The second-order valence-electron chi connectivity index (χ2n) is 3.97. The number of hydrogen-bond donors (Lipinski definition) is 1. The highest BCUT2D eigenvalue weighted by Crippen LogP contribution is 2.28. The van der Waals surface area contributed by atoms with E-state index in [0.717, 1.165) is 15.1 Å². The summed E-state index contributed by atoms with van der Waals surface area (Å²) in [6.07, 6.45) is 2.38. The summed E-state index contributed by atoms with van der Waals surface area (Å²) in [7, 11) is 0. The van der Waals surface area contributed by atoms with Gasteiger partial charge in [0.15, 0.2) is 5.13 Å². The molecule has 1 unspecified atom stereocenters. The highest BCUT2D eigenvalue weighted by atomic mass is 79.9. The third-order valence-electron chi connectivity index (χ3n) is 2.44. The average molecular weight is 299 g/mol. The Bertz CT molecular complexity index is 481. The van der Waals surface area contributed by atoms with Crippen molar-refractivity contribution in [3.05, 3.63) is 22.7 Å². The molecule has 16 heavy (non-hydrogen) atoms. The van der Waals surface area contributed by atoms with Crippen LogP contribution in [-0.2, 0) is 0 Å². The van der Waals surface area contributed by atoms with Crippen molar-refractivity contribution < 1.29 is 0 Å². The summed E-state index contributed by atoms with van der Waals surface area (Å²) >= 11 is 5.18. The van der Waals surface area contributed by atoms with Gasteiger partial charge in [0.05, 0.1) is 10.2 Å². The lowest BCUT2D eigenvalue weighted by atomic mass is 10.2. The fourth-order valence-electron chi connectivity index (χ4n) is 1.68. The predicted molar refractivity (Wildman–Crippen MR) is 75.3 cm³/mol. The Labute approximate surface area is 108 Å². The molecular weight excluding hydrogens is 284 g/mol. The largest absolute Gasteiger partial charge is 0.359 e. The summed E-state index contributed by atoms with van der Waals surface area (Å²) in [6.45, 7) is 4.40.